The minimum absolute atomic E-state index is 0.322. The van der Waals surface area contributed by atoms with Crippen LogP contribution in [0.2, 0.25) is 0 Å². The number of nitrogens with zero attached hydrogens (tertiary/aromatic N) is 3. The first-order valence-electron chi connectivity index (χ1n) is 2.76. The SMILES string of the molecule is [O-][n+]1[nH]nc2cccnc21. The van der Waals surface area contributed by atoms with E-state index in [0.29, 0.717) is 16.0 Å². The zero-order valence-electron chi connectivity index (χ0n) is 4.98. The maximum absolute atomic E-state index is 10.7. The van der Waals surface area contributed by atoms with Crippen molar-refractivity contribution in [1.82, 2.24) is 15.3 Å². The number of H-pyrrole nitrogens is 1. The highest BCUT2D eigenvalue weighted by atomic mass is 16.5. The molecule has 2 rings (SSSR count). The van der Waals surface area contributed by atoms with E-state index in [4.69, 9.17) is 0 Å². The van der Waals surface area contributed by atoms with Crippen molar-refractivity contribution in [2.45, 2.75) is 0 Å². The number of hydrogen-bond donors (Lipinski definition) is 1. The van der Waals surface area contributed by atoms with Gasteiger partial charge in [-0.05, 0) is 17.2 Å². The second kappa shape index (κ2) is 1.66. The van der Waals surface area contributed by atoms with Crippen molar-refractivity contribution in [2.24, 2.45) is 0 Å². The summed E-state index contributed by atoms with van der Waals surface area (Å²) in [6.07, 6.45) is 1.55. The summed E-state index contributed by atoms with van der Waals surface area (Å²) < 4.78 is 0. The molecule has 0 saturated carbocycles. The predicted octanol–water partition coefficient (Wildman–Crippen LogP) is -0.409. The predicted molar refractivity (Wildman–Crippen MR) is 32.8 cm³/mol. The van der Waals surface area contributed by atoms with Crippen molar-refractivity contribution in [1.29, 1.82) is 0 Å². The van der Waals surface area contributed by atoms with Crippen LogP contribution >= 0.6 is 0 Å². The van der Waals surface area contributed by atoms with Crippen LogP contribution in [0.5, 0.6) is 0 Å². The van der Waals surface area contributed by atoms with Gasteiger partial charge in [-0.2, -0.15) is 4.85 Å². The molecule has 2 heterocycles. The van der Waals surface area contributed by atoms with Crippen LogP contribution in [0.15, 0.2) is 18.3 Å². The molecule has 0 amide bonds. The molecule has 0 aromatic carbocycles. The third kappa shape index (κ3) is 0.540. The summed E-state index contributed by atoms with van der Waals surface area (Å²) >= 11 is 0. The van der Waals surface area contributed by atoms with Crippen molar-refractivity contribution in [3.63, 3.8) is 0 Å². The van der Waals surface area contributed by atoms with E-state index in [0.717, 1.165) is 0 Å². The lowest BCUT2D eigenvalue weighted by molar-refractivity contribution is -0.645. The zero-order chi connectivity index (χ0) is 6.97. The largest absolute Gasteiger partial charge is 0.723 e. The molecular formula is C5H4N4O. The molecule has 5 nitrogen and oxygen atoms in total. The molecule has 10 heavy (non-hydrogen) atoms. The first kappa shape index (κ1) is 5.16. The first-order valence-corrected chi connectivity index (χ1v) is 2.76. The summed E-state index contributed by atoms with van der Waals surface area (Å²) in [7, 11) is 0. The maximum Gasteiger partial charge on any atom is 0.326 e. The van der Waals surface area contributed by atoms with Gasteiger partial charge in [0, 0.05) is 0 Å². The number of aromatic amines is 1. The molecule has 2 aromatic heterocycles. The zero-order valence-corrected chi connectivity index (χ0v) is 4.98. The Morgan fingerprint density at radius 1 is 1.60 bits per heavy atom. The molecule has 1 N–H and O–H groups in total. The topological polar surface area (TPSA) is 68.5 Å². The van der Waals surface area contributed by atoms with Gasteiger partial charge in [-0.3, -0.25) is 0 Å². The van der Waals surface area contributed by atoms with Gasteiger partial charge in [0.1, 0.15) is 6.20 Å². The van der Waals surface area contributed by atoms with Gasteiger partial charge in [-0.15, -0.1) is 10.2 Å². The lowest BCUT2D eigenvalue weighted by Gasteiger charge is -1.91. The molecule has 0 aliphatic rings. The summed E-state index contributed by atoms with van der Waals surface area (Å²) in [5, 5.41) is 16.6. The number of rotatable bonds is 0. The summed E-state index contributed by atoms with van der Waals surface area (Å²) in [5.74, 6) is 0. The Labute approximate surface area is 55.9 Å². The van der Waals surface area contributed by atoms with Crippen LogP contribution in [0.25, 0.3) is 11.2 Å². The van der Waals surface area contributed by atoms with Gasteiger partial charge in [-0.1, -0.05) is 0 Å². The fourth-order valence-corrected chi connectivity index (χ4v) is 0.779. The van der Waals surface area contributed by atoms with E-state index in [1.807, 2.05) is 0 Å². The van der Waals surface area contributed by atoms with Gasteiger partial charge in [0.25, 0.3) is 0 Å². The highest BCUT2D eigenvalue weighted by Crippen LogP contribution is 1.98. The van der Waals surface area contributed by atoms with E-state index in [9.17, 15) is 5.21 Å². The molecule has 0 unspecified atom stereocenters. The molecule has 2 aromatic rings. The average molecular weight is 136 g/mol. The molecular weight excluding hydrogens is 132 g/mol. The first-order chi connectivity index (χ1) is 4.88. The third-order valence-corrected chi connectivity index (χ3v) is 1.22. The van der Waals surface area contributed by atoms with Crippen molar-refractivity contribution < 1.29 is 4.85 Å². The van der Waals surface area contributed by atoms with E-state index in [2.05, 4.69) is 15.3 Å². The lowest BCUT2D eigenvalue weighted by Crippen LogP contribution is -2.28. The number of nitrogens with one attached hydrogen (secondary N) is 1. The van der Waals surface area contributed by atoms with Crippen LogP contribution < -0.4 is 4.85 Å². The minimum atomic E-state index is 0.322. The Morgan fingerprint density at radius 2 is 2.50 bits per heavy atom. The Kier molecular flexibility index (Phi) is 0.858. The van der Waals surface area contributed by atoms with Crippen LogP contribution in [0.4, 0.5) is 0 Å². The summed E-state index contributed by atoms with van der Waals surface area (Å²) in [5.41, 5.74) is 0.903. The summed E-state index contributed by atoms with van der Waals surface area (Å²) in [4.78, 5) is 4.32. The second-order valence-corrected chi connectivity index (χ2v) is 1.85. The fraction of sp³-hybridized carbons (Fsp3) is 0. The lowest BCUT2D eigenvalue weighted by atomic mass is 10.4. The molecule has 0 aliphatic heterocycles. The molecule has 0 bridgehead atoms. The molecule has 0 atom stereocenters. The van der Waals surface area contributed by atoms with E-state index in [-0.39, 0.29) is 0 Å². The van der Waals surface area contributed by atoms with Gasteiger partial charge in [0.15, 0.2) is 0 Å². The normalized spacial score (nSPS) is 10.4. The van der Waals surface area contributed by atoms with Gasteiger partial charge in [0.2, 0.25) is 5.52 Å². The smallest absolute Gasteiger partial charge is 0.326 e. The van der Waals surface area contributed by atoms with E-state index >= 15 is 0 Å². The number of fused-ring (bicyclic) bond motifs is 1. The molecule has 0 aliphatic carbocycles. The minimum Gasteiger partial charge on any atom is -0.723 e. The molecule has 0 saturated heterocycles. The number of pyridine rings is 1. The van der Waals surface area contributed by atoms with Crippen molar-refractivity contribution in [2.75, 3.05) is 0 Å². The molecule has 50 valence electrons. The second-order valence-electron chi connectivity index (χ2n) is 1.85. The molecule has 0 spiro atoms. The fourth-order valence-electron chi connectivity index (χ4n) is 0.779. The average Bonchev–Trinajstić information content (AvgIpc) is 2.34. The highest BCUT2D eigenvalue weighted by Gasteiger charge is 2.04. The van der Waals surface area contributed by atoms with Gasteiger partial charge in [0.05, 0.1) is 0 Å². The Balaban J connectivity index is 2.93. The van der Waals surface area contributed by atoms with Crippen LogP contribution in [0.1, 0.15) is 0 Å². The molecule has 0 fully saturated rings. The van der Waals surface area contributed by atoms with E-state index < -0.39 is 0 Å². The summed E-state index contributed by atoms with van der Waals surface area (Å²) in [6.45, 7) is 0. The Morgan fingerprint density at radius 3 is 3.30 bits per heavy atom. The molecule has 0 radical (unpaired) electrons. The van der Waals surface area contributed by atoms with Crippen LogP contribution in [0.3, 0.4) is 0 Å². The standard InChI is InChI=1S/C5H4N4O/c10-9-5-4(7-8-9)2-1-3-6-5/h1-3,8H. The van der Waals surface area contributed by atoms with Crippen molar-refractivity contribution in [3.8, 4) is 0 Å². The highest BCUT2D eigenvalue weighted by molar-refractivity contribution is 5.64. The third-order valence-electron chi connectivity index (χ3n) is 1.22. The summed E-state index contributed by atoms with van der Waals surface area (Å²) in [6, 6.07) is 3.44. The quantitative estimate of drug-likeness (QED) is 0.395. The van der Waals surface area contributed by atoms with Gasteiger partial charge < -0.3 is 5.21 Å². The van der Waals surface area contributed by atoms with Crippen LogP contribution in [-0.2, 0) is 0 Å². The van der Waals surface area contributed by atoms with Crippen molar-refractivity contribution in [3.05, 3.63) is 23.5 Å². The number of aromatic nitrogens is 4. The molecule has 5 heteroatoms. The van der Waals surface area contributed by atoms with Gasteiger partial charge >= 0.3 is 5.65 Å². The Bertz CT molecular complexity index is 355. The van der Waals surface area contributed by atoms with E-state index in [1.165, 1.54) is 0 Å². The van der Waals surface area contributed by atoms with Crippen LogP contribution in [-0.4, -0.2) is 15.3 Å². The number of hydrogen-bond acceptors (Lipinski definition) is 3. The van der Waals surface area contributed by atoms with Crippen molar-refractivity contribution >= 4 is 11.2 Å². The monoisotopic (exact) mass is 136 g/mol. The van der Waals surface area contributed by atoms with E-state index in [1.54, 1.807) is 18.3 Å². The van der Waals surface area contributed by atoms with Crippen LogP contribution in [0, 0.1) is 5.21 Å². The maximum atomic E-state index is 10.7. The Hall–Kier alpha value is -1.65. The van der Waals surface area contributed by atoms with Gasteiger partial charge in [-0.25, -0.2) is 0 Å².